The van der Waals surface area contributed by atoms with E-state index in [1.807, 2.05) is 38.1 Å². The summed E-state index contributed by atoms with van der Waals surface area (Å²) in [6.45, 7) is 4.45. The Morgan fingerprint density at radius 3 is 2.89 bits per heavy atom. The molecule has 1 heterocycles. The largest absolute Gasteiger partial charge is 0.398 e. The van der Waals surface area contributed by atoms with Crippen molar-refractivity contribution in [1.29, 1.82) is 0 Å². The highest BCUT2D eigenvalue weighted by Crippen LogP contribution is 2.17. The second kappa shape index (κ2) is 5.64. The van der Waals surface area contributed by atoms with Crippen LogP contribution in [-0.2, 0) is 11.2 Å². The number of para-hydroxylation sites is 1. The lowest BCUT2D eigenvalue weighted by Gasteiger charge is -2.04. The molecule has 2 aromatic rings. The molecule has 0 bridgehead atoms. The maximum absolute atomic E-state index is 5.87. The summed E-state index contributed by atoms with van der Waals surface area (Å²) in [5.41, 5.74) is 7.58. The van der Waals surface area contributed by atoms with Gasteiger partial charge in [0.1, 0.15) is 6.10 Å². The first-order chi connectivity index (χ1) is 8.70. The van der Waals surface area contributed by atoms with Crippen molar-refractivity contribution in [3.8, 4) is 0 Å². The predicted molar refractivity (Wildman–Crippen MR) is 68.0 cm³/mol. The van der Waals surface area contributed by atoms with Crippen molar-refractivity contribution in [2.75, 3.05) is 12.3 Å². The molecule has 0 spiro atoms. The number of hydrogen-bond donors (Lipinski definition) is 1. The van der Waals surface area contributed by atoms with Gasteiger partial charge in [0.05, 0.1) is 6.42 Å². The molecule has 0 saturated heterocycles. The van der Waals surface area contributed by atoms with Crippen LogP contribution in [0.25, 0.3) is 0 Å². The van der Waals surface area contributed by atoms with Gasteiger partial charge in [-0.1, -0.05) is 23.4 Å². The van der Waals surface area contributed by atoms with E-state index in [0.29, 0.717) is 24.7 Å². The van der Waals surface area contributed by atoms with Crippen LogP contribution in [0.2, 0.25) is 0 Å². The van der Waals surface area contributed by atoms with Gasteiger partial charge in [-0.3, -0.25) is 0 Å². The van der Waals surface area contributed by atoms with Crippen LogP contribution >= 0.6 is 0 Å². The molecule has 96 valence electrons. The summed E-state index contributed by atoms with van der Waals surface area (Å²) >= 11 is 0. The monoisotopic (exact) mass is 247 g/mol. The number of nitrogens with zero attached hydrogens (tertiary/aromatic N) is 2. The van der Waals surface area contributed by atoms with Crippen LogP contribution in [0.4, 0.5) is 5.69 Å². The standard InChI is InChI=1S/C13H17N3O2/c1-3-17-9(2)13-15-12(18-16-13)8-10-6-4-5-7-11(10)14/h4-7,9H,3,8,14H2,1-2H3. The summed E-state index contributed by atoms with van der Waals surface area (Å²) in [5, 5.41) is 3.91. The lowest BCUT2D eigenvalue weighted by molar-refractivity contribution is 0.0683. The first kappa shape index (κ1) is 12.6. The summed E-state index contributed by atoms with van der Waals surface area (Å²) in [4.78, 5) is 4.31. The molecule has 1 aromatic heterocycles. The second-order valence-corrected chi connectivity index (χ2v) is 4.02. The van der Waals surface area contributed by atoms with Gasteiger partial charge >= 0.3 is 0 Å². The van der Waals surface area contributed by atoms with Gasteiger partial charge in [-0.15, -0.1) is 0 Å². The SMILES string of the molecule is CCOC(C)c1noc(Cc2ccccc2N)n1. The van der Waals surface area contributed by atoms with E-state index in [9.17, 15) is 0 Å². The number of rotatable bonds is 5. The fraction of sp³-hybridized carbons (Fsp3) is 0.385. The Hall–Kier alpha value is -1.88. The minimum Gasteiger partial charge on any atom is -0.398 e. The van der Waals surface area contributed by atoms with Crippen LogP contribution in [0.15, 0.2) is 28.8 Å². The van der Waals surface area contributed by atoms with E-state index in [1.165, 1.54) is 0 Å². The quantitative estimate of drug-likeness (QED) is 0.821. The lowest BCUT2D eigenvalue weighted by Crippen LogP contribution is -2.02. The molecule has 5 nitrogen and oxygen atoms in total. The third-order valence-corrected chi connectivity index (χ3v) is 2.66. The molecule has 0 aliphatic heterocycles. The van der Waals surface area contributed by atoms with E-state index in [1.54, 1.807) is 0 Å². The topological polar surface area (TPSA) is 74.2 Å². The van der Waals surface area contributed by atoms with E-state index in [2.05, 4.69) is 10.1 Å². The van der Waals surface area contributed by atoms with Crippen molar-refractivity contribution in [2.24, 2.45) is 0 Å². The number of nitrogens with two attached hydrogens (primary N) is 1. The molecule has 2 rings (SSSR count). The molecular weight excluding hydrogens is 230 g/mol. The summed E-state index contributed by atoms with van der Waals surface area (Å²) in [6, 6.07) is 7.64. The highest BCUT2D eigenvalue weighted by Gasteiger charge is 2.14. The molecule has 1 aromatic carbocycles. The predicted octanol–water partition coefficient (Wildman–Crippen LogP) is 2.34. The number of ether oxygens (including phenoxy) is 1. The molecular formula is C13H17N3O2. The van der Waals surface area contributed by atoms with Crippen LogP contribution in [-0.4, -0.2) is 16.7 Å². The Balaban J connectivity index is 2.09. The van der Waals surface area contributed by atoms with Gasteiger partial charge in [-0.2, -0.15) is 4.98 Å². The molecule has 18 heavy (non-hydrogen) atoms. The number of benzene rings is 1. The Labute approximate surface area is 106 Å². The van der Waals surface area contributed by atoms with Crippen LogP contribution < -0.4 is 5.73 Å². The van der Waals surface area contributed by atoms with Crippen LogP contribution in [0.1, 0.15) is 37.2 Å². The average Bonchev–Trinajstić information content (AvgIpc) is 2.81. The van der Waals surface area contributed by atoms with E-state index < -0.39 is 0 Å². The Kier molecular flexibility index (Phi) is 3.94. The first-order valence-corrected chi connectivity index (χ1v) is 5.98. The van der Waals surface area contributed by atoms with Gasteiger partial charge in [0.2, 0.25) is 5.89 Å². The van der Waals surface area contributed by atoms with E-state index >= 15 is 0 Å². The van der Waals surface area contributed by atoms with Crippen molar-refractivity contribution in [3.63, 3.8) is 0 Å². The van der Waals surface area contributed by atoms with Crippen LogP contribution in [0.5, 0.6) is 0 Å². The molecule has 0 aliphatic carbocycles. The van der Waals surface area contributed by atoms with Crippen LogP contribution in [0.3, 0.4) is 0 Å². The minimum atomic E-state index is -0.152. The van der Waals surface area contributed by atoms with Gasteiger partial charge in [0.25, 0.3) is 0 Å². The molecule has 5 heteroatoms. The molecule has 0 fully saturated rings. The zero-order chi connectivity index (χ0) is 13.0. The highest BCUT2D eigenvalue weighted by molar-refractivity contribution is 5.47. The van der Waals surface area contributed by atoms with E-state index in [4.69, 9.17) is 15.0 Å². The molecule has 0 amide bonds. The Morgan fingerprint density at radius 1 is 1.39 bits per heavy atom. The first-order valence-electron chi connectivity index (χ1n) is 5.98. The van der Waals surface area contributed by atoms with Crippen molar-refractivity contribution < 1.29 is 9.26 Å². The van der Waals surface area contributed by atoms with Crippen LogP contribution in [0, 0.1) is 0 Å². The zero-order valence-electron chi connectivity index (χ0n) is 10.6. The van der Waals surface area contributed by atoms with E-state index in [-0.39, 0.29) is 6.10 Å². The third-order valence-electron chi connectivity index (χ3n) is 2.66. The number of aromatic nitrogens is 2. The molecule has 1 atom stereocenters. The minimum absolute atomic E-state index is 0.152. The smallest absolute Gasteiger partial charge is 0.231 e. The van der Waals surface area contributed by atoms with Crippen molar-refractivity contribution in [3.05, 3.63) is 41.5 Å². The van der Waals surface area contributed by atoms with Gasteiger partial charge in [0.15, 0.2) is 5.82 Å². The lowest BCUT2D eigenvalue weighted by atomic mass is 10.1. The maximum atomic E-state index is 5.87. The Bertz CT molecular complexity index is 510. The normalized spacial score (nSPS) is 12.6. The number of anilines is 1. The number of nitrogen functional groups attached to an aromatic ring is 1. The number of hydrogen-bond acceptors (Lipinski definition) is 5. The summed E-state index contributed by atoms with van der Waals surface area (Å²) in [7, 11) is 0. The van der Waals surface area contributed by atoms with Gasteiger partial charge in [-0.05, 0) is 25.5 Å². The highest BCUT2D eigenvalue weighted by atomic mass is 16.5. The molecule has 0 saturated carbocycles. The molecule has 1 unspecified atom stereocenters. The van der Waals surface area contributed by atoms with Gasteiger partial charge in [0, 0.05) is 12.3 Å². The maximum Gasteiger partial charge on any atom is 0.231 e. The molecule has 0 aliphatic rings. The van der Waals surface area contributed by atoms with Crippen molar-refractivity contribution >= 4 is 5.69 Å². The summed E-state index contributed by atoms with van der Waals surface area (Å²) in [5.74, 6) is 1.12. The van der Waals surface area contributed by atoms with Crippen molar-refractivity contribution in [2.45, 2.75) is 26.4 Å². The van der Waals surface area contributed by atoms with Gasteiger partial charge in [-0.25, -0.2) is 0 Å². The zero-order valence-corrected chi connectivity index (χ0v) is 10.6. The molecule has 0 radical (unpaired) electrons. The average molecular weight is 247 g/mol. The fourth-order valence-corrected chi connectivity index (χ4v) is 1.69. The van der Waals surface area contributed by atoms with Crippen molar-refractivity contribution in [1.82, 2.24) is 10.1 Å². The third kappa shape index (κ3) is 2.87. The van der Waals surface area contributed by atoms with Gasteiger partial charge < -0.3 is 15.0 Å². The Morgan fingerprint density at radius 2 is 2.17 bits per heavy atom. The summed E-state index contributed by atoms with van der Waals surface area (Å²) in [6.07, 6.45) is 0.388. The fourth-order valence-electron chi connectivity index (χ4n) is 1.69. The summed E-state index contributed by atoms with van der Waals surface area (Å²) < 4.78 is 10.6. The molecule has 2 N–H and O–H groups in total. The van der Waals surface area contributed by atoms with E-state index in [0.717, 1.165) is 11.3 Å². The second-order valence-electron chi connectivity index (χ2n) is 4.02.